The molecule has 0 aliphatic rings. The van der Waals surface area contributed by atoms with Gasteiger partial charge < -0.3 is 15.9 Å². The minimum atomic E-state index is 0.739. The maximum Gasteiger partial charge on any atom is 0.234 e. The van der Waals surface area contributed by atoms with E-state index in [1.54, 1.807) is 4.48 Å². The van der Waals surface area contributed by atoms with Crippen LogP contribution in [0.4, 0.5) is 11.4 Å². The number of hydrogen-bond donors (Lipinski definition) is 2. The van der Waals surface area contributed by atoms with Gasteiger partial charge in [0.2, 0.25) is 7.98 Å². The molecule has 2 radical (unpaired) electrons. The fraction of sp³-hybridized carbons (Fsp3) is 0. The summed E-state index contributed by atoms with van der Waals surface area (Å²) in [7, 11) is 6.20. The largest absolute Gasteiger partial charge is 0.399 e. The van der Waals surface area contributed by atoms with Crippen LogP contribution in [0, 0.1) is 0 Å². The first-order valence-corrected chi connectivity index (χ1v) is 6.34. The normalized spacial score (nSPS) is 10.6. The maximum atomic E-state index is 6.20. The van der Waals surface area contributed by atoms with Crippen LogP contribution >= 0.6 is 0 Å². The van der Waals surface area contributed by atoms with Crippen LogP contribution in [0.3, 0.4) is 0 Å². The molecule has 96 valence electrons. The molecule has 4 N–H and O–H groups in total. The molecule has 0 bridgehead atoms. The van der Waals surface area contributed by atoms with Crippen molar-refractivity contribution in [2.75, 3.05) is 11.5 Å². The van der Waals surface area contributed by atoms with Gasteiger partial charge in [-0.3, -0.25) is 0 Å². The number of benzene rings is 2. The summed E-state index contributed by atoms with van der Waals surface area (Å²) in [5, 5.41) is 0. The first kappa shape index (κ1) is 12.4. The molecule has 3 aromatic rings. The van der Waals surface area contributed by atoms with Crippen molar-refractivity contribution in [1.82, 2.24) is 4.48 Å². The van der Waals surface area contributed by atoms with E-state index in [0.717, 1.165) is 33.9 Å². The van der Waals surface area contributed by atoms with Crippen LogP contribution in [-0.2, 0) is 0 Å². The second kappa shape index (κ2) is 4.81. The van der Waals surface area contributed by atoms with Gasteiger partial charge >= 0.3 is 0 Å². The van der Waals surface area contributed by atoms with Gasteiger partial charge in [-0.15, -0.1) is 0 Å². The predicted octanol–water partition coefficient (Wildman–Crippen LogP) is 2.92. The van der Waals surface area contributed by atoms with Crippen molar-refractivity contribution < 1.29 is 0 Å². The van der Waals surface area contributed by atoms with Crippen molar-refractivity contribution in [3.63, 3.8) is 0 Å². The van der Waals surface area contributed by atoms with Crippen LogP contribution in [0.25, 0.3) is 22.5 Å². The Morgan fingerprint density at radius 3 is 1.30 bits per heavy atom. The van der Waals surface area contributed by atoms with E-state index in [-0.39, 0.29) is 0 Å². The van der Waals surface area contributed by atoms with Crippen molar-refractivity contribution in [2.24, 2.45) is 0 Å². The second-order valence-electron chi connectivity index (χ2n) is 4.72. The summed E-state index contributed by atoms with van der Waals surface area (Å²) in [4.78, 5) is 0. The summed E-state index contributed by atoms with van der Waals surface area (Å²) >= 11 is 0. The van der Waals surface area contributed by atoms with Gasteiger partial charge in [-0.25, -0.2) is 0 Å². The van der Waals surface area contributed by atoms with Crippen molar-refractivity contribution in [3.05, 3.63) is 60.7 Å². The molecule has 0 spiro atoms. The number of hydrogen-bond acceptors (Lipinski definition) is 2. The molecular weight excluding hydrogens is 245 g/mol. The topological polar surface area (TPSA) is 57.0 Å². The smallest absolute Gasteiger partial charge is 0.234 e. The Morgan fingerprint density at radius 2 is 0.950 bits per heavy atom. The molecule has 2 aromatic carbocycles. The third-order valence-electron chi connectivity index (χ3n) is 3.33. The summed E-state index contributed by atoms with van der Waals surface area (Å²) in [6.45, 7) is 0. The third kappa shape index (κ3) is 2.16. The lowest BCUT2D eigenvalue weighted by molar-refractivity contribution is 1.26. The third-order valence-corrected chi connectivity index (χ3v) is 3.33. The Bertz CT molecular complexity index is 664. The van der Waals surface area contributed by atoms with E-state index in [1.807, 2.05) is 60.7 Å². The van der Waals surface area contributed by atoms with Crippen LogP contribution in [0.2, 0.25) is 0 Å². The molecule has 3 rings (SSSR count). The molecule has 3 nitrogen and oxygen atoms in total. The Hall–Kier alpha value is -2.62. The molecule has 0 amide bonds. The molecular formula is C16H14BN3. The van der Waals surface area contributed by atoms with E-state index in [2.05, 4.69) is 0 Å². The predicted molar refractivity (Wildman–Crippen MR) is 85.3 cm³/mol. The standard InChI is InChI=1S/C16H14BN3/c17-20-15(11-1-5-13(18)6-2-11)9-10-16(20)12-3-7-14(19)8-4-12/h1-10H,18-19H2. The zero-order valence-electron chi connectivity index (χ0n) is 11.0. The van der Waals surface area contributed by atoms with Crippen LogP contribution in [0.1, 0.15) is 0 Å². The van der Waals surface area contributed by atoms with Crippen molar-refractivity contribution in [2.45, 2.75) is 0 Å². The maximum absolute atomic E-state index is 6.20. The number of nitrogen functional groups attached to an aromatic ring is 2. The van der Waals surface area contributed by atoms with Gasteiger partial charge in [-0.05, 0) is 47.5 Å². The second-order valence-corrected chi connectivity index (χ2v) is 4.72. The number of nitrogens with two attached hydrogens (primary N) is 2. The van der Waals surface area contributed by atoms with Gasteiger partial charge in [0.05, 0.1) is 0 Å². The summed E-state index contributed by atoms with van der Waals surface area (Å²) in [6, 6.07) is 19.3. The summed E-state index contributed by atoms with van der Waals surface area (Å²) in [5.41, 5.74) is 16.8. The lowest BCUT2D eigenvalue weighted by atomic mass is 10.1. The Labute approximate surface area is 119 Å². The monoisotopic (exact) mass is 259 g/mol. The zero-order valence-corrected chi connectivity index (χ0v) is 11.0. The van der Waals surface area contributed by atoms with Crippen LogP contribution in [0.5, 0.6) is 0 Å². The minimum absolute atomic E-state index is 0.739. The van der Waals surface area contributed by atoms with Gasteiger partial charge in [-0.2, -0.15) is 0 Å². The van der Waals surface area contributed by atoms with E-state index in [0.29, 0.717) is 0 Å². The molecule has 0 fully saturated rings. The van der Waals surface area contributed by atoms with E-state index >= 15 is 0 Å². The van der Waals surface area contributed by atoms with Gasteiger partial charge in [0.15, 0.2) is 0 Å². The van der Waals surface area contributed by atoms with Crippen LogP contribution in [0.15, 0.2) is 60.7 Å². The fourth-order valence-corrected chi connectivity index (χ4v) is 2.23. The van der Waals surface area contributed by atoms with E-state index in [9.17, 15) is 0 Å². The van der Waals surface area contributed by atoms with Crippen molar-refractivity contribution >= 4 is 19.4 Å². The highest BCUT2D eigenvalue weighted by molar-refractivity contribution is 6.11. The Balaban J connectivity index is 2.04. The van der Waals surface area contributed by atoms with E-state index in [4.69, 9.17) is 19.4 Å². The summed E-state index contributed by atoms with van der Waals surface area (Å²) in [5.74, 6) is 0. The highest BCUT2D eigenvalue weighted by Gasteiger charge is 2.08. The van der Waals surface area contributed by atoms with Gasteiger partial charge in [0.25, 0.3) is 0 Å². The zero-order chi connectivity index (χ0) is 14.1. The Morgan fingerprint density at radius 1 is 0.600 bits per heavy atom. The highest BCUT2D eigenvalue weighted by atomic mass is 14.9. The van der Waals surface area contributed by atoms with Crippen molar-refractivity contribution in [3.8, 4) is 22.5 Å². The van der Waals surface area contributed by atoms with E-state index < -0.39 is 0 Å². The lowest BCUT2D eigenvalue weighted by Gasteiger charge is -2.09. The van der Waals surface area contributed by atoms with Gasteiger partial charge in [0, 0.05) is 22.8 Å². The number of anilines is 2. The fourth-order valence-electron chi connectivity index (χ4n) is 2.23. The highest BCUT2D eigenvalue weighted by Crippen LogP contribution is 2.28. The average molecular weight is 259 g/mol. The average Bonchev–Trinajstić information content (AvgIpc) is 2.83. The lowest BCUT2D eigenvalue weighted by Crippen LogP contribution is -1.97. The summed E-state index contributed by atoms with van der Waals surface area (Å²) < 4.78 is 1.68. The molecule has 0 aliphatic heterocycles. The van der Waals surface area contributed by atoms with Crippen molar-refractivity contribution in [1.29, 1.82) is 0 Å². The molecule has 0 aliphatic carbocycles. The molecule has 0 atom stereocenters. The molecule has 20 heavy (non-hydrogen) atoms. The Kier molecular flexibility index (Phi) is 2.99. The number of nitrogens with zero attached hydrogens (tertiary/aromatic N) is 1. The molecule has 1 heterocycles. The number of rotatable bonds is 2. The molecule has 0 unspecified atom stereocenters. The molecule has 0 saturated carbocycles. The minimum Gasteiger partial charge on any atom is -0.399 e. The van der Waals surface area contributed by atoms with Gasteiger partial charge in [-0.1, -0.05) is 24.3 Å². The molecule has 1 aromatic heterocycles. The van der Waals surface area contributed by atoms with Gasteiger partial charge in [0.1, 0.15) is 0 Å². The van der Waals surface area contributed by atoms with Crippen LogP contribution < -0.4 is 11.5 Å². The van der Waals surface area contributed by atoms with Crippen LogP contribution in [-0.4, -0.2) is 12.5 Å². The quantitative estimate of drug-likeness (QED) is 0.549. The SMILES string of the molecule is [B]n1c(-c2ccc(N)cc2)ccc1-c1ccc(N)cc1. The first-order valence-electron chi connectivity index (χ1n) is 6.34. The molecule has 4 heteroatoms. The first-order chi connectivity index (χ1) is 9.65. The molecule has 0 saturated heterocycles. The number of aromatic nitrogens is 1. The van der Waals surface area contributed by atoms with E-state index in [1.165, 1.54) is 0 Å². The summed E-state index contributed by atoms with van der Waals surface area (Å²) in [6.07, 6.45) is 0.